The molecule has 156 valence electrons. The molecule has 0 saturated carbocycles. The number of para-hydroxylation sites is 1. The molecule has 1 N–H and O–H groups in total. The number of hydrogen-bond acceptors (Lipinski definition) is 3. The number of nitrogens with zero attached hydrogens (tertiary/aromatic N) is 1. The lowest BCUT2D eigenvalue weighted by molar-refractivity contribution is 0.144. The van der Waals surface area contributed by atoms with Crippen molar-refractivity contribution in [2.75, 3.05) is 13.2 Å². The van der Waals surface area contributed by atoms with Crippen molar-refractivity contribution in [1.29, 1.82) is 0 Å². The first-order valence-corrected chi connectivity index (χ1v) is 10.7. The summed E-state index contributed by atoms with van der Waals surface area (Å²) in [6.07, 6.45) is -0.496. The summed E-state index contributed by atoms with van der Waals surface area (Å²) in [5.74, 6) is 5.91. The van der Waals surface area contributed by atoms with Crippen LogP contribution in [0.5, 0.6) is 0 Å². The van der Waals surface area contributed by atoms with Gasteiger partial charge in [-0.2, -0.15) is 0 Å². The lowest BCUT2D eigenvalue weighted by Crippen LogP contribution is -2.26. The Morgan fingerprint density at radius 3 is 2.38 bits per heavy atom. The topological polar surface area (TPSA) is 51.2 Å². The summed E-state index contributed by atoms with van der Waals surface area (Å²) in [5.41, 5.74) is 6.20. The van der Waals surface area contributed by atoms with E-state index in [1.807, 2.05) is 54.6 Å². The second kappa shape index (κ2) is 8.74. The Balaban J connectivity index is 1.21. The number of benzene rings is 3. The van der Waals surface area contributed by atoms with Crippen molar-refractivity contribution in [3.8, 4) is 23.0 Å². The molecule has 1 aromatic heterocycles. The first kappa shape index (κ1) is 20.1. The lowest BCUT2D eigenvalue weighted by atomic mass is 9.98. The van der Waals surface area contributed by atoms with Crippen LogP contribution in [0.4, 0.5) is 4.79 Å². The van der Waals surface area contributed by atoms with E-state index in [2.05, 4.69) is 46.4 Å². The minimum absolute atomic E-state index is 0.0294. The largest absolute Gasteiger partial charge is 0.449 e. The van der Waals surface area contributed by atoms with Crippen molar-refractivity contribution in [3.63, 3.8) is 0 Å². The number of amides is 1. The van der Waals surface area contributed by atoms with Gasteiger partial charge in [0.25, 0.3) is 0 Å². The van der Waals surface area contributed by atoms with Gasteiger partial charge in [0.15, 0.2) is 0 Å². The fraction of sp³-hybridized carbons (Fsp3) is 0.111. The fourth-order valence-electron chi connectivity index (χ4n) is 4.09. The number of halogens is 1. The van der Waals surface area contributed by atoms with E-state index in [0.717, 1.165) is 10.9 Å². The van der Waals surface area contributed by atoms with Gasteiger partial charge in [-0.15, -0.1) is 0 Å². The molecule has 4 nitrogen and oxygen atoms in total. The predicted molar refractivity (Wildman–Crippen MR) is 127 cm³/mol. The molecule has 0 aliphatic heterocycles. The zero-order valence-corrected chi connectivity index (χ0v) is 17.9. The van der Waals surface area contributed by atoms with E-state index in [1.54, 1.807) is 0 Å². The summed E-state index contributed by atoms with van der Waals surface area (Å²) in [6.45, 7) is 0.424. The molecule has 5 rings (SSSR count). The van der Waals surface area contributed by atoms with Gasteiger partial charge in [0.05, 0.1) is 17.6 Å². The van der Waals surface area contributed by atoms with Gasteiger partial charge in [0.1, 0.15) is 11.8 Å². The Morgan fingerprint density at radius 2 is 1.62 bits per heavy atom. The molecule has 1 aliphatic rings. The third-order valence-electron chi connectivity index (χ3n) is 5.57. The van der Waals surface area contributed by atoms with E-state index in [1.165, 1.54) is 22.3 Å². The van der Waals surface area contributed by atoms with E-state index in [9.17, 15) is 4.79 Å². The number of alkyl carbamates (subject to hydrolysis) is 1. The minimum Gasteiger partial charge on any atom is -0.449 e. The normalized spacial score (nSPS) is 11.9. The maximum atomic E-state index is 12.2. The van der Waals surface area contributed by atoms with Crippen LogP contribution in [-0.2, 0) is 4.74 Å². The quantitative estimate of drug-likeness (QED) is 0.326. The Hall–Kier alpha value is -3.81. The summed E-state index contributed by atoms with van der Waals surface area (Å²) in [4.78, 5) is 16.6. The summed E-state index contributed by atoms with van der Waals surface area (Å²) >= 11 is 6.22. The predicted octanol–water partition coefficient (Wildman–Crippen LogP) is 5.78. The number of aromatic nitrogens is 1. The molecule has 0 saturated heterocycles. The zero-order valence-electron chi connectivity index (χ0n) is 17.1. The van der Waals surface area contributed by atoms with Crippen LogP contribution >= 0.6 is 11.6 Å². The number of rotatable bonds is 3. The third-order valence-corrected chi connectivity index (χ3v) is 5.85. The van der Waals surface area contributed by atoms with Crippen LogP contribution in [0.2, 0.25) is 5.15 Å². The lowest BCUT2D eigenvalue weighted by Gasteiger charge is -2.14. The molecule has 0 radical (unpaired) electrons. The van der Waals surface area contributed by atoms with E-state index in [0.29, 0.717) is 10.7 Å². The van der Waals surface area contributed by atoms with Crippen LogP contribution in [0.25, 0.3) is 22.0 Å². The van der Waals surface area contributed by atoms with Gasteiger partial charge in [-0.3, -0.25) is 0 Å². The molecule has 3 aromatic carbocycles. The molecule has 0 unspecified atom stereocenters. The number of ether oxygens (including phenoxy) is 1. The van der Waals surface area contributed by atoms with Crippen LogP contribution in [0.15, 0.2) is 78.9 Å². The van der Waals surface area contributed by atoms with E-state index in [-0.39, 0.29) is 19.1 Å². The van der Waals surface area contributed by atoms with Crippen molar-refractivity contribution in [1.82, 2.24) is 10.3 Å². The van der Waals surface area contributed by atoms with Gasteiger partial charge >= 0.3 is 6.09 Å². The highest BCUT2D eigenvalue weighted by Gasteiger charge is 2.28. The Morgan fingerprint density at radius 1 is 0.969 bits per heavy atom. The molecule has 0 fully saturated rings. The first-order valence-electron chi connectivity index (χ1n) is 10.3. The second-order valence-corrected chi connectivity index (χ2v) is 7.86. The van der Waals surface area contributed by atoms with Crippen LogP contribution in [0.3, 0.4) is 0 Å². The van der Waals surface area contributed by atoms with Crippen molar-refractivity contribution in [2.45, 2.75) is 5.92 Å². The summed E-state index contributed by atoms with van der Waals surface area (Å²) in [6, 6.07) is 26.1. The second-order valence-electron chi connectivity index (χ2n) is 7.50. The molecule has 1 heterocycles. The van der Waals surface area contributed by atoms with Crippen LogP contribution in [-0.4, -0.2) is 24.2 Å². The van der Waals surface area contributed by atoms with Gasteiger partial charge < -0.3 is 10.1 Å². The standard InChI is InChI=1S/C27H19ClN2O2/c28-26-19(16-18-8-1-6-14-25(18)30-26)9-7-15-29-27(31)32-17-24-22-12-4-2-10-20(22)21-11-3-5-13-23(21)24/h1-6,8,10-14,16,24H,15,17H2,(H,29,31). The number of pyridine rings is 1. The van der Waals surface area contributed by atoms with Crippen molar-refractivity contribution < 1.29 is 9.53 Å². The maximum absolute atomic E-state index is 12.2. The number of fused-ring (bicyclic) bond motifs is 4. The van der Waals surface area contributed by atoms with Crippen molar-refractivity contribution >= 4 is 28.6 Å². The molecule has 32 heavy (non-hydrogen) atoms. The average Bonchev–Trinajstić information content (AvgIpc) is 3.14. The van der Waals surface area contributed by atoms with Crippen molar-refractivity contribution in [2.24, 2.45) is 0 Å². The molecule has 0 atom stereocenters. The average molecular weight is 439 g/mol. The highest BCUT2D eigenvalue weighted by Crippen LogP contribution is 2.44. The van der Waals surface area contributed by atoms with Crippen LogP contribution in [0, 0.1) is 11.8 Å². The molecule has 0 bridgehead atoms. The van der Waals surface area contributed by atoms with Crippen molar-refractivity contribution in [3.05, 3.63) is 101 Å². The molecular weight excluding hydrogens is 420 g/mol. The van der Waals surface area contributed by atoms with Gasteiger partial charge in [0.2, 0.25) is 0 Å². The van der Waals surface area contributed by atoms with Crippen LogP contribution in [0.1, 0.15) is 22.6 Å². The smallest absolute Gasteiger partial charge is 0.407 e. The Kier molecular flexibility index (Phi) is 5.49. The zero-order chi connectivity index (χ0) is 21.9. The third kappa shape index (κ3) is 3.91. The van der Waals surface area contributed by atoms with Crippen LogP contribution < -0.4 is 5.32 Å². The maximum Gasteiger partial charge on any atom is 0.407 e. The minimum atomic E-state index is -0.496. The molecule has 1 amide bonds. The molecule has 0 spiro atoms. The van der Waals surface area contributed by atoms with Gasteiger partial charge in [-0.25, -0.2) is 9.78 Å². The number of hydrogen-bond donors (Lipinski definition) is 1. The molecule has 1 aliphatic carbocycles. The van der Waals surface area contributed by atoms with Gasteiger partial charge in [-0.1, -0.05) is 90.2 Å². The number of carbonyl (C=O) groups is 1. The van der Waals surface area contributed by atoms with E-state index in [4.69, 9.17) is 16.3 Å². The summed E-state index contributed by atoms with van der Waals surface area (Å²) in [5, 5.41) is 3.99. The van der Waals surface area contributed by atoms with Gasteiger partial charge in [-0.05, 0) is 34.4 Å². The highest BCUT2D eigenvalue weighted by atomic mass is 35.5. The fourth-order valence-corrected chi connectivity index (χ4v) is 4.28. The van der Waals surface area contributed by atoms with E-state index >= 15 is 0 Å². The molecular formula is C27H19ClN2O2. The summed E-state index contributed by atoms with van der Waals surface area (Å²) in [7, 11) is 0. The monoisotopic (exact) mass is 438 g/mol. The Bertz CT molecular complexity index is 1340. The summed E-state index contributed by atoms with van der Waals surface area (Å²) < 4.78 is 5.52. The SMILES string of the molecule is O=C(NCC#Cc1cc2ccccc2nc1Cl)OCC1c2ccccc2-c2ccccc21. The molecule has 5 heteroatoms. The van der Waals surface area contributed by atoms with E-state index < -0.39 is 6.09 Å². The number of nitrogens with one attached hydrogen (secondary N) is 1. The Labute approximate surface area is 191 Å². The highest BCUT2D eigenvalue weighted by molar-refractivity contribution is 6.31. The number of carbonyl (C=O) groups excluding carboxylic acids is 1. The van der Waals surface area contributed by atoms with Gasteiger partial charge in [0, 0.05) is 11.3 Å². The molecule has 4 aromatic rings. The first-order chi connectivity index (χ1) is 15.7.